The first-order chi connectivity index (χ1) is 19.8. The Kier molecular flexibility index (Phi) is 21.9. The number of hydrogen-bond acceptors (Lipinski definition) is 7. The molecule has 0 aromatic carbocycles. The Balaban J connectivity index is 0.000000203. The molecule has 0 radical (unpaired) electrons. The van der Waals surface area contributed by atoms with Crippen LogP contribution < -0.4 is 18.9 Å². The Bertz CT molecular complexity index is 795. The van der Waals surface area contributed by atoms with Crippen molar-refractivity contribution in [3.05, 3.63) is 44.4 Å². The minimum absolute atomic E-state index is 0.332. The molecule has 0 fully saturated rings. The van der Waals surface area contributed by atoms with Crippen molar-refractivity contribution in [1.82, 2.24) is 0 Å². The van der Waals surface area contributed by atoms with Gasteiger partial charge in [-0.1, -0.05) is 115 Å². The van der Waals surface area contributed by atoms with E-state index in [0.29, 0.717) is 35.9 Å². The SMILES string of the molecule is CCCCCCCC[SiH2]CCCCCCCC.c1ccsc1.c1scc2c1OCCO2.c1scc2c1OCCO2. The van der Waals surface area contributed by atoms with E-state index in [4.69, 9.17) is 18.9 Å². The predicted octanol–water partition coefficient (Wildman–Crippen LogP) is 10.5. The van der Waals surface area contributed by atoms with Gasteiger partial charge in [-0.3, -0.25) is 0 Å². The second kappa shape index (κ2) is 25.2. The molecule has 40 heavy (non-hydrogen) atoms. The summed E-state index contributed by atoms with van der Waals surface area (Å²) in [7, 11) is 0.332. The van der Waals surface area contributed by atoms with E-state index in [0.717, 1.165) is 23.0 Å². The number of rotatable bonds is 14. The van der Waals surface area contributed by atoms with E-state index in [1.807, 2.05) is 44.4 Å². The highest BCUT2D eigenvalue weighted by atomic mass is 32.1. The van der Waals surface area contributed by atoms with Crippen molar-refractivity contribution in [3.8, 4) is 23.0 Å². The molecule has 5 heterocycles. The Labute approximate surface area is 258 Å². The highest BCUT2D eigenvalue weighted by Crippen LogP contribution is 2.34. The van der Waals surface area contributed by atoms with E-state index in [-0.39, 0.29) is 0 Å². The van der Waals surface area contributed by atoms with Gasteiger partial charge in [0, 0.05) is 31.0 Å². The maximum Gasteiger partial charge on any atom is 0.172 e. The predicted molar refractivity (Wildman–Crippen MR) is 180 cm³/mol. The number of ether oxygens (including phenoxy) is 4. The molecule has 2 aliphatic rings. The number of hydrogen-bond donors (Lipinski definition) is 0. The second-order valence-electron chi connectivity index (χ2n) is 9.98. The van der Waals surface area contributed by atoms with Gasteiger partial charge in [-0.15, -0.1) is 22.7 Å². The molecule has 8 heteroatoms. The van der Waals surface area contributed by atoms with Gasteiger partial charge in [0.15, 0.2) is 23.0 Å². The summed E-state index contributed by atoms with van der Waals surface area (Å²) >= 11 is 4.92. The van der Waals surface area contributed by atoms with Crippen LogP contribution >= 0.6 is 34.0 Å². The van der Waals surface area contributed by atoms with Crippen molar-refractivity contribution in [1.29, 1.82) is 0 Å². The van der Waals surface area contributed by atoms with Gasteiger partial charge in [0.25, 0.3) is 0 Å². The van der Waals surface area contributed by atoms with E-state index < -0.39 is 0 Å². The Morgan fingerprint density at radius 1 is 0.500 bits per heavy atom. The van der Waals surface area contributed by atoms with Gasteiger partial charge in [0.05, 0.1) is 0 Å². The van der Waals surface area contributed by atoms with Crippen molar-refractivity contribution in [2.45, 2.75) is 103 Å². The molecule has 0 spiro atoms. The summed E-state index contributed by atoms with van der Waals surface area (Å²) in [6.07, 6.45) is 17.8. The molecule has 0 N–H and O–H groups in total. The first kappa shape index (κ1) is 34.7. The highest BCUT2D eigenvalue weighted by Gasteiger charge is 2.11. The van der Waals surface area contributed by atoms with Crippen LogP contribution in [0.2, 0.25) is 12.1 Å². The quantitative estimate of drug-likeness (QED) is 0.132. The topological polar surface area (TPSA) is 36.9 Å². The monoisotopic (exact) mass is 624 g/mol. The zero-order valence-electron chi connectivity index (χ0n) is 24.9. The Morgan fingerprint density at radius 3 is 1.18 bits per heavy atom. The van der Waals surface area contributed by atoms with Gasteiger partial charge in [-0.25, -0.2) is 0 Å². The van der Waals surface area contributed by atoms with Gasteiger partial charge in [-0.2, -0.15) is 11.3 Å². The molecule has 0 saturated heterocycles. The molecule has 0 bridgehead atoms. The van der Waals surface area contributed by atoms with Crippen molar-refractivity contribution < 1.29 is 18.9 Å². The third-order valence-electron chi connectivity index (χ3n) is 6.52. The number of fused-ring (bicyclic) bond motifs is 2. The summed E-state index contributed by atoms with van der Waals surface area (Å²) in [5.41, 5.74) is 0. The minimum Gasteiger partial charge on any atom is -0.485 e. The van der Waals surface area contributed by atoms with E-state index in [1.165, 1.54) is 64.2 Å². The summed E-state index contributed by atoms with van der Waals surface area (Å²) in [6, 6.07) is 7.29. The van der Waals surface area contributed by atoms with E-state index in [2.05, 4.69) is 13.8 Å². The van der Waals surface area contributed by atoms with Crippen LogP contribution in [0.3, 0.4) is 0 Å². The average molecular weight is 625 g/mol. The molecule has 0 saturated carbocycles. The molecule has 0 atom stereocenters. The molecule has 4 nitrogen and oxygen atoms in total. The Morgan fingerprint density at radius 2 is 0.850 bits per heavy atom. The van der Waals surface area contributed by atoms with Crippen LogP contribution in [0.5, 0.6) is 23.0 Å². The zero-order valence-corrected chi connectivity index (χ0v) is 28.8. The molecule has 2 aliphatic heterocycles. The third kappa shape index (κ3) is 17.4. The molecular formula is C32H52O4S3Si. The zero-order chi connectivity index (χ0) is 28.4. The minimum atomic E-state index is 0.332. The van der Waals surface area contributed by atoms with Crippen LogP contribution in [-0.4, -0.2) is 35.9 Å². The first-order valence-corrected chi connectivity index (χ1v) is 20.3. The standard InChI is InChI=1S/C16H36Si.2C6H6O2S.C4H4S/c1-3-5-7-9-11-13-15-17-16-14-12-10-8-6-4-2;2*1-2-8-6-4-9-3-5(6)7-1;1-2-4-5-3-1/h3-17H2,1-2H3;2*3-4H,1-2H2;1-4H. The largest absolute Gasteiger partial charge is 0.485 e. The molecular weight excluding hydrogens is 573 g/mol. The average Bonchev–Trinajstić information content (AvgIpc) is 3.80. The van der Waals surface area contributed by atoms with Crippen molar-refractivity contribution in [2.75, 3.05) is 26.4 Å². The summed E-state index contributed by atoms with van der Waals surface area (Å²) in [5, 5.41) is 11.9. The highest BCUT2D eigenvalue weighted by molar-refractivity contribution is 7.08. The summed E-state index contributed by atoms with van der Waals surface area (Å²) in [5.74, 6) is 3.58. The molecule has 3 aromatic heterocycles. The molecule has 0 amide bonds. The lowest BCUT2D eigenvalue weighted by molar-refractivity contribution is 0.173. The smallest absolute Gasteiger partial charge is 0.172 e. The number of thiophene rings is 3. The molecule has 226 valence electrons. The lowest BCUT2D eigenvalue weighted by Gasteiger charge is -2.13. The lowest BCUT2D eigenvalue weighted by atomic mass is 10.1. The normalized spacial score (nSPS) is 12.7. The second-order valence-corrected chi connectivity index (χ2v) is 14.4. The van der Waals surface area contributed by atoms with Crippen molar-refractivity contribution >= 4 is 43.5 Å². The van der Waals surface area contributed by atoms with Crippen LogP contribution in [0, 0.1) is 0 Å². The molecule has 0 aliphatic carbocycles. The van der Waals surface area contributed by atoms with E-state index in [1.54, 1.807) is 58.9 Å². The lowest BCUT2D eigenvalue weighted by Crippen LogP contribution is -2.13. The fourth-order valence-electron chi connectivity index (χ4n) is 4.25. The van der Waals surface area contributed by atoms with E-state index >= 15 is 0 Å². The van der Waals surface area contributed by atoms with Gasteiger partial charge in [-0.05, 0) is 10.8 Å². The summed E-state index contributed by atoms with van der Waals surface area (Å²) in [4.78, 5) is 0. The van der Waals surface area contributed by atoms with Gasteiger partial charge in [0.1, 0.15) is 26.4 Å². The number of unbranched alkanes of at least 4 members (excludes halogenated alkanes) is 10. The summed E-state index contributed by atoms with van der Waals surface area (Å²) < 4.78 is 21.0. The third-order valence-corrected chi connectivity index (χ3v) is 10.5. The fourth-order valence-corrected chi connectivity index (χ4v) is 7.83. The van der Waals surface area contributed by atoms with Crippen molar-refractivity contribution in [2.24, 2.45) is 0 Å². The fraction of sp³-hybridized carbons (Fsp3) is 0.625. The molecule has 5 rings (SSSR count). The maximum absolute atomic E-state index is 5.25. The van der Waals surface area contributed by atoms with Gasteiger partial charge in [0.2, 0.25) is 0 Å². The van der Waals surface area contributed by atoms with Crippen molar-refractivity contribution in [3.63, 3.8) is 0 Å². The Hall–Kier alpha value is -1.48. The van der Waals surface area contributed by atoms with Crippen LogP contribution in [0.25, 0.3) is 0 Å². The maximum atomic E-state index is 5.25. The first-order valence-electron chi connectivity index (χ1n) is 15.5. The van der Waals surface area contributed by atoms with Gasteiger partial charge < -0.3 is 18.9 Å². The van der Waals surface area contributed by atoms with Crippen LogP contribution in [0.1, 0.15) is 90.9 Å². The molecule has 3 aromatic rings. The van der Waals surface area contributed by atoms with Crippen LogP contribution in [0.4, 0.5) is 0 Å². The molecule has 0 unspecified atom stereocenters. The van der Waals surface area contributed by atoms with E-state index in [9.17, 15) is 0 Å². The van der Waals surface area contributed by atoms with Gasteiger partial charge >= 0.3 is 0 Å². The van der Waals surface area contributed by atoms with Crippen LogP contribution in [0.15, 0.2) is 44.4 Å². The van der Waals surface area contributed by atoms with Crippen LogP contribution in [-0.2, 0) is 0 Å². The summed E-state index contributed by atoms with van der Waals surface area (Å²) in [6.45, 7) is 7.34.